The molecule has 0 spiro atoms. The average molecular weight is 230 g/mol. The predicted molar refractivity (Wildman–Crippen MR) is 55.8 cm³/mol. The molecule has 0 atom stereocenters. The van der Waals surface area contributed by atoms with Crippen LogP contribution in [0.3, 0.4) is 0 Å². The number of carboxylic acids is 1. The summed E-state index contributed by atoms with van der Waals surface area (Å²) in [6, 6.07) is 5.80. The molecule has 1 aromatic rings. The number of ether oxygens (including phenoxy) is 1. The van der Waals surface area contributed by atoms with Gasteiger partial charge in [0, 0.05) is 0 Å². The fourth-order valence-corrected chi connectivity index (χ4v) is 1.38. The minimum Gasteiger partial charge on any atom is -0.546 e. The molecule has 0 bridgehead atoms. The van der Waals surface area contributed by atoms with Crippen LogP contribution in [0.15, 0.2) is 18.2 Å². The first-order chi connectivity index (χ1) is 7.00. The maximum Gasteiger partial charge on any atom is 1.00 e. The molecule has 1 aromatic carbocycles. The number of benzene rings is 1. The van der Waals surface area contributed by atoms with E-state index in [4.69, 9.17) is 4.74 Å². The van der Waals surface area contributed by atoms with Crippen molar-refractivity contribution in [3.05, 3.63) is 29.3 Å². The molecular weight excluding hydrogens is 215 g/mol. The van der Waals surface area contributed by atoms with Gasteiger partial charge in [-0.1, -0.05) is 26.0 Å². The number of hydrogen-bond acceptors (Lipinski definition) is 3. The summed E-state index contributed by atoms with van der Waals surface area (Å²) < 4.78 is 5.18. The Morgan fingerprint density at radius 3 is 2.56 bits per heavy atom. The van der Waals surface area contributed by atoms with Crippen molar-refractivity contribution in [2.45, 2.75) is 26.7 Å². The smallest absolute Gasteiger partial charge is 0.546 e. The summed E-state index contributed by atoms with van der Waals surface area (Å²) in [7, 11) is 0. The van der Waals surface area contributed by atoms with Crippen molar-refractivity contribution >= 4 is 5.97 Å². The monoisotopic (exact) mass is 230 g/mol. The van der Waals surface area contributed by atoms with Crippen molar-refractivity contribution in [1.82, 2.24) is 0 Å². The Morgan fingerprint density at radius 2 is 2.06 bits per heavy atom. The molecule has 0 saturated heterocycles. The Labute approximate surface area is 118 Å². The van der Waals surface area contributed by atoms with Crippen molar-refractivity contribution in [1.29, 1.82) is 0 Å². The first-order valence-electron chi connectivity index (χ1n) is 4.94. The molecule has 4 heteroatoms. The molecule has 3 nitrogen and oxygen atoms in total. The fraction of sp³-hybridized carbons (Fsp3) is 0.417. The Kier molecular flexibility index (Phi) is 6.72. The molecule has 0 aliphatic heterocycles. The molecular formula is C12H15NaO3. The Hall–Kier alpha value is -0.510. The number of carbonyl (C=O) groups is 1. The van der Waals surface area contributed by atoms with E-state index in [0.29, 0.717) is 11.7 Å². The summed E-state index contributed by atoms with van der Waals surface area (Å²) in [4.78, 5) is 10.3. The molecule has 0 aliphatic carbocycles. The zero-order valence-electron chi connectivity index (χ0n) is 10.2. The van der Waals surface area contributed by atoms with Crippen molar-refractivity contribution in [3.8, 4) is 5.75 Å². The summed E-state index contributed by atoms with van der Waals surface area (Å²) in [5.74, 6) is -0.261. The molecule has 16 heavy (non-hydrogen) atoms. The average Bonchev–Trinajstić information content (AvgIpc) is 2.14. The van der Waals surface area contributed by atoms with Crippen LogP contribution in [0.5, 0.6) is 5.75 Å². The van der Waals surface area contributed by atoms with Gasteiger partial charge in [-0.2, -0.15) is 0 Å². The van der Waals surface area contributed by atoms with E-state index >= 15 is 0 Å². The van der Waals surface area contributed by atoms with Gasteiger partial charge in [-0.15, -0.1) is 0 Å². The summed E-state index contributed by atoms with van der Waals surface area (Å²) in [5.41, 5.74) is 2.06. The van der Waals surface area contributed by atoms with E-state index < -0.39 is 12.6 Å². The normalized spacial score (nSPS) is 9.75. The van der Waals surface area contributed by atoms with Crippen LogP contribution >= 0.6 is 0 Å². The number of carbonyl (C=O) groups excluding carboxylic acids is 1. The summed E-state index contributed by atoms with van der Waals surface area (Å²) in [5, 5.41) is 10.3. The van der Waals surface area contributed by atoms with Gasteiger partial charge in [0.05, 0.1) is 5.97 Å². The van der Waals surface area contributed by atoms with Crippen LogP contribution in [0.1, 0.15) is 30.9 Å². The Balaban J connectivity index is 0.00000225. The van der Waals surface area contributed by atoms with E-state index in [1.807, 2.05) is 39.0 Å². The Morgan fingerprint density at radius 1 is 1.44 bits per heavy atom. The maximum atomic E-state index is 10.3. The molecule has 0 aliphatic rings. The van der Waals surface area contributed by atoms with Gasteiger partial charge in [0.15, 0.2) is 0 Å². The largest absolute Gasteiger partial charge is 1.00 e. The first kappa shape index (κ1) is 15.5. The van der Waals surface area contributed by atoms with Crippen molar-refractivity contribution < 1.29 is 44.2 Å². The van der Waals surface area contributed by atoms with Gasteiger partial charge in [-0.05, 0) is 30.0 Å². The van der Waals surface area contributed by atoms with E-state index in [9.17, 15) is 9.90 Å². The van der Waals surface area contributed by atoms with Crippen LogP contribution in [0.25, 0.3) is 0 Å². The molecule has 0 radical (unpaired) electrons. The van der Waals surface area contributed by atoms with E-state index in [2.05, 4.69) is 0 Å². The topological polar surface area (TPSA) is 49.4 Å². The molecule has 0 aromatic heterocycles. The molecule has 82 valence electrons. The molecule has 0 N–H and O–H groups in total. The molecule has 0 amide bonds. The first-order valence-corrected chi connectivity index (χ1v) is 4.94. The van der Waals surface area contributed by atoms with Crippen LogP contribution in [-0.2, 0) is 4.79 Å². The van der Waals surface area contributed by atoms with E-state index in [0.717, 1.165) is 11.1 Å². The third-order valence-electron chi connectivity index (χ3n) is 2.14. The summed E-state index contributed by atoms with van der Waals surface area (Å²) in [6.45, 7) is 5.62. The van der Waals surface area contributed by atoms with Crippen LogP contribution in [-0.4, -0.2) is 12.6 Å². The van der Waals surface area contributed by atoms with Crippen molar-refractivity contribution in [2.75, 3.05) is 6.61 Å². The third kappa shape index (κ3) is 4.56. The standard InChI is InChI=1S/C12H16O3.Na/c1-8(2)10-5-4-9(3)6-11(10)15-7-12(13)14;/h4-6,8H,7H2,1-3H3,(H,13,14);/q;+1/p-1. The van der Waals surface area contributed by atoms with Crippen LogP contribution in [0.4, 0.5) is 0 Å². The summed E-state index contributed by atoms with van der Waals surface area (Å²) in [6.07, 6.45) is 0. The molecule has 0 unspecified atom stereocenters. The number of carboxylic acid groups (broad SMARTS) is 1. The van der Waals surface area contributed by atoms with Gasteiger partial charge in [0.2, 0.25) is 0 Å². The quantitative estimate of drug-likeness (QED) is 0.576. The second-order valence-corrected chi connectivity index (χ2v) is 3.86. The number of hydrogen-bond donors (Lipinski definition) is 0. The van der Waals surface area contributed by atoms with E-state index in [1.165, 1.54) is 0 Å². The SMILES string of the molecule is Cc1ccc(C(C)C)c(OCC(=O)[O-])c1.[Na+]. The van der Waals surface area contributed by atoms with Gasteiger partial charge in [-0.25, -0.2) is 0 Å². The van der Waals surface area contributed by atoms with Crippen LogP contribution in [0.2, 0.25) is 0 Å². The van der Waals surface area contributed by atoms with Crippen LogP contribution in [0, 0.1) is 6.92 Å². The minimum atomic E-state index is -1.20. The van der Waals surface area contributed by atoms with Gasteiger partial charge in [0.25, 0.3) is 0 Å². The van der Waals surface area contributed by atoms with Gasteiger partial charge >= 0.3 is 29.6 Å². The van der Waals surface area contributed by atoms with E-state index in [-0.39, 0.29) is 29.6 Å². The zero-order chi connectivity index (χ0) is 11.4. The number of rotatable bonds is 4. The molecule has 0 saturated carbocycles. The number of aryl methyl sites for hydroxylation is 1. The van der Waals surface area contributed by atoms with E-state index in [1.54, 1.807) is 0 Å². The predicted octanol–water partition coefficient (Wildman–Crippen LogP) is -1.75. The molecule has 0 heterocycles. The minimum absolute atomic E-state index is 0. The molecule has 1 rings (SSSR count). The Bertz CT molecular complexity index is 361. The third-order valence-corrected chi connectivity index (χ3v) is 2.14. The zero-order valence-corrected chi connectivity index (χ0v) is 12.2. The second kappa shape index (κ2) is 6.94. The molecule has 0 fully saturated rings. The number of aliphatic carboxylic acids is 1. The van der Waals surface area contributed by atoms with Crippen molar-refractivity contribution in [3.63, 3.8) is 0 Å². The van der Waals surface area contributed by atoms with Gasteiger partial charge in [0.1, 0.15) is 12.4 Å². The van der Waals surface area contributed by atoms with Crippen LogP contribution < -0.4 is 39.4 Å². The maximum absolute atomic E-state index is 10.3. The van der Waals surface area contributed by atoms with Gasteiger partial charge < -0.3 is 14.6 Å². The second-order valence-electron chi connectivity index (χ2n) is 3.86. The fourth-order valence-electron chi connectivity index (χ4n) is 1.38. The van der Waals surface area contributed by atoms with Gasteiger partial charge in [-0.3, -0.25) is 0 Å². The van der Waals surface area contributed by atoms with Crippen molar-refractivity contribution in [2.24, 2.45) is 0 Å². The summed E-state index contributed by atoms with van der Waals surface area (Å²) >= 11 is 0.